The number of aromatic nitrogens is 3. The summed E-state index contributed by atoms with van der Waals surface area (Å²) >= 11 is 0. The van der Waals surface area contributed by atoms with Crippen molar-refractivity contribution in [1.82, 2.24) is 14.8 Å². The molecule has 0 saturated heterocycles. The summed E-state index contributed by atoms with van der Waals surface area (Å²) < 4.78 is 32.5. The molecule has 7 nitrogen and oxygen atoms in total. The molecule has 0 aliphatic carbocycles. The van der Waals surface area contributed by atoms with E-state index >= 15 is 0 Å². The maximum absolute atomic E-state index is 13.8. The molecule has 0 spiro atoms. The monoisotopic (exact) mass is 463 g/mol. The number of hydrogen-bond acceptors (Lipinski definition) is 6. The molecule has 0 bridgehead atoms. The van der Waals surface area contributed by atoms with Crippen LogP contribution in [-0.4, -0.2) is 29.0 Å². The van der Waals surface area contributed by atoms with Gasteiger partial charge in [0.15, 0.2) is 0 Å². The molecule has 8 heteroatoms. The summed E-state index contributed by atoms with van der Waals surface area (Å²) in [7, 11) is -2.61. The van der Waals surface area contributed by atoms with Crippen molar-refractivity contribution < 1.29 is 17.4 Å². The minimum Gasteiger partial charge on any atom is -0.358 e. The largest absolute Gasteiger partial charge is 0.358 e. The SMILES string of the molecule is Cc1nc2c(C(=O)c3c(C)nn(C)c3OS(=O)(=O)c3ccccc3)ccc(C)c2c(C)c1C. The average molecular weight is 464 g/mol. The Balaban J connectivity index is 1.90. The van der Waals surface area contributed by atoms with Crippen molar-refractivity contribution in [3.05, 3.63) is 81.7 Å². The maximum Gasteiger partial charge on any atom is 0.340 e. The zero-order chi connectivity index (χ0) is 24.1. The Kier molecular flexibility index (Phi) is 5.57. The summed E-state index contributed by atoms with van der Waals surface area (Å²) in [6.45, 7) is 9.57. The van der Waals surface area contributed by atoms with Crippen LogP contribution in [0.15, 0.2) is 47.4 Å². The molecule has 0 unspecified atom stereocenters. The van der Waals surface area contributed by atoms with Gasteiger partial charge >= 0.3 is 10.1 Å². The van der Waals surface area contributed by atoms with E-state index in [1.54, 1.807) is 38.2 Å². The minimum atomic E-state index is -4.16. The molecule has 0 fully saturated rings. The second-order valence-corrected chi connectivity index (χ2v) is 9.72. The van der Waals surface area contributed by atoms with Crippen molar-refractivity contribution in [2.45, 2.75) is 39.5 Å². The molecule has 2 heterocycles. The number of rotatable bonds is 5. The molecule has 0 atom stereocenters. The summed E-state index contributed by atoms with van der Waals surface area (Å²) in [4.78, 5) is 18.5. The predicted octanol–water partition coefficient (Wildman–Crippen LogP) is 4.51. The van der Waals surface area contributed by atoms with Gasteiger partial charge < -0.3 is 4.18 Å². The maximum atomic E-state index is 13.8. The fourth-order valence-corrected chi connectivity index (χ4v) is 5.03. The molecule has 0 aliphatic heterocycles. The van der Waals surface area contributed by atoms with Gasteiger partial charge in [-0.15, -0.1) is 0 Å². The molecular weight excluding hydrogens is 438 g/mol. The van der Waals surface area contributed by atoms with E-state index in [9.17, 15) is 13.2 Å². The van der Waals surface area contributed by atoms with Gasteiger partial charge in [-0.1, -0.05) is 24.3 Å². The third-order valence-corrected chi connectivity index (χ3v) is 7.23. The van der Waals surface area contributed by atoms with E-state index in [-0.39, 0.29) is 22.1 Å². The molecular formula is C25H25N3O4S. The van der Waals surface area contributed by atoms with Crippen molar-refractivity contribution in [1.29, 1.82) is 0 Å². The number of aryl methyl sites for hydroxylation is 5. The van der Waals surface area contributed by atoms with Gasteiger partial charge in [0.1, 0.15) is 10.5 Å². The first-order chi connectivity index (χ1) is 15.5. The van der Waals surface area contributed by atoms with E-state index in [0.29, 0.717) is 16.8 Å². The highest BCUT2D eigenvalue weighted by Gasteiger charge is 2.29. The van der Waals surface area contributed by atoms with Gasteiger partial charge in [-0.25, -0.2) is 4.68 Å². The average Bonchev–Trinajstić information content (AvgIpc) is 3.04. The van der Waals surface area contributed by atoms with E-state index in [0.717, 1.165) is 27.8 Å². The van der Waals surface area contributed by atoms with Crippen LogP contribution in [0.5, 0.6) is 5.88 Å². The van der Waals surface area contributed by atoms with Gasteiger partial charge in [-0.3, -0.25) is 9.78 Å². The fraction of sp³-hybridized carbons (Fsp3) is 0.240. The second kappa shape index (κ2) is 8.12. The standard InChI is InChI=1S/C25H25N3O4S/c1-14-12-13-20(23-21(14)16(3)15(2)17(4)26-23)24(29)22-18(5)27-28(6)25(22)32-33(30,31)19-10-8-7-9-11-19/h7-13H,1-6H3. The van der Waals surface area contributed by atoms with E-state index < -0.39 is 10.1 Å². The van der Waals surface area contributed by atoms with Crippen molar-refractivity contribution in [2.75, 3.05) is 0 Å². The smallest absolute Gasteiger partial charge is 0.340 e. The zero-order valence-corrected chi connectivity index (χ0v) is 20.2. The van der Waals surface area contributed by atoms with Crippen LogP contribution in [0.2, 0.25) is 0 Å². The number of ketones is 1. The van der Waals surface area contributed by atoms with Gasteiger partial charge in [0.25, 0.3) is 0 Å². The molecule has 0 saturated carbocycles. The summed E-state index contributed by atoms with van der Waals surface area (Å²) in [5.74, 6) is -0.519. The molecule has 4 aromatic rings. The Bertz CT molecular complexity index is 1520. The lowest BCUT2D eigenvalue weighted by atomic mass is 9.93. The van der Waals surface area contributed by atoms with Crippen LogP contribution < -0.4 is 4.18 Å². The van der Waals surface area contributed by atoms with E-state index in [4.69, 9.17) is 9.17 Å². The van der Waals surface area contributed by atoms with Crippen LogP contribution in [-0.2, 0) is 17.2 Å². The lowest BCUT2D eigenvalue weighted by Crippen LogP contribution is -2.15. The topological polar surface area (TPSA) is 91.2 Å². The van der Waals surface area contributed by atoms with Crippen LogP contribution in [0.1, 0.15) is 44.0 Å². The molecule has 33 heavy (non-hydrogen) atoms. The number of pyridine rings is 1. The Morgan fingerprint density at radius 2 is 1.58 bits per heavy atom. The van der Waals surface area contributed by atoms with Gasteiger partial charge in [0.05, 0.1) is 11.2 Å². The molecule has 0 radical (unpaired) electrons. The molecule has 0 aliphatic rings. The Morgan fingerprint density at radius 1 is 0.909 bits per heavy atom. The number of hydrogen-bond donors (Lipinski definition) is 0. The van der Waals surface area contributed by atoms with Crippen LogP contribution in [0, 0.1) is 34.6 Å². The highest BCUT2D eigenvalue weighted by Crippen LogP contribution is 2.32. The van der Waals surface area contributed by atoms with E-state index in [2.05, 4.69) is 5.10 Å². The van der Waals surface area contributed by atoms with E-state index in [1.807, 2.05) is 33.8 Å². The Hall–Kier alpha value is -3.52. The van der Waals surface area contributed by atoms with Gasteiger partial charge in [-0.2, -0.15) is 13.5 Å². The van der Waals surface area contributed by atoms with Crippen LogP contribution >= 0.6 is 0 Å². The number of benzene rings is 2. The number of fused-ring (bicyclic) bond motifs is 1. The van der Waals surface area contributed by atoms with Crippen molar-refractivity contribution in [3.8, 4) is 5.88 Å². The van der Waals surface area contributed by atoms with Crippen molar-refractivity contribution in [3.63, 3.8) is 0 Å². The molecule has 2 aromatic carbocycles. The molecule has 0 N–H and O–H groups in total. The molecule has 4 rings (SSSR count). The lowest BCUT2D eigenvalue weighted by molar-refractivity contribution is 0.103. The van der Waals surface area contributed by atoms with E-state index in [1.165, 1.54) is 16.8 Å². The minimum absolute atomic E-state index is 0.00794. The van der Waals surface area contributed by atoms with Gasteiger partial charge in [0, 0.05) is 23.7 Å². The van der Waals surface area contributed by atoms with Crippen molar-refractivity contribution in [2.24, 2.45) is 7.05 Å². The van der Waals surface area contributed by atoms with Gasteiger partial charge in [0.2, 0.25) is 11.7 Å². The second-order valence-electron chi connectivity index (χ2n) is 8.17. The lowest BCUT2D eigenvalue weighted by Gasteiger charge is -2.14. The van der Waals surface area contributed by atoms with Gasteiger partial charge in [-0.05, 0) is 69.5 Å². The highest BCUT2D eigenvalue weighted by molar-refractivity contribution is 7.87. The Labute approximate surface area is 193 Å². The number of nitrogens with zero attached hydrogens (tertiary/aromatic N) is 3. The zero-order valence-electron chi connectivity index (χ0n) is 19.4. The fourth-order valence-electron chi connectivity index (χ4n) is 4.04. The van der Waals surface area contributed by atoms with Crippen LogP contribution in [0.3, 0.4) is 0 Å². The van der Waals surface area contributed by atoms with Crippen molar-refractivity contribution >= 4 is 26.8 Å². The summed E-state index contributed by atoms with van der Waals surface area (Å²) in [5.41, 5.74) is 5.42. The van der Waals surface area contributed by atoms with Crippen LogP contribution in [0.4, 0.5) is 0 Å². The first kappa shape index (κ1) is 22.7. The number of carbonyl (C=O) groups is 1. The Morgan fingerprint density at radius 3 is 2.24 bits per heavy atom. The normalized spacial score (nSPS) is 11.7. The molecule has 2 aromatic heterocycles. The first-order valence-corrected chi connectivity index (χ1v) is 11.9. The predicted molar refractivity (Wildman–Crippen MR) is 126 cm³/mol. The summed E-state index contributed by atoms with van der Waals surface area (Å²) in [6, 6.07) is 11.4. The summed E-state index contributed by atoms with van der Waals surface area (Å²) in [6.07, 6.45) is 0. The van der Waals surface area contributed by atoms with Crippen LogP contribution in [0.25, 0.3) is 10.9 Å². The molecule has 0 amide bonds. The first-order valence-electron chi connectivity index (χ1n) is 10.5. The third kappa shape index (κ3) is 3.80. The quantitative estimate of drug-likeness (QED) is 0.319. The molecule has 170 valence electrons. The highest BCUT2D eigenvalue weighted by atomic mass is 32.2. The number of carbonyl (C=O) groups excluding carboxylic acids is 1. The summed E-state index contributed by atoms with van der Waals surface area (Å²) in [5, 5.41) is 5.19. The third-order valence-electron chi connectivity index (χ3n) is 6.01.